The fourth-order valence-corrected chi connectivity index (χ4v) is 2.40. The average Bonchev–Trinajstić information content (AvgIpc) is 2.98. The second-order valence-electron chi connectivity index (χ2n) is 4.94. The number of hydrogen-bond donors (Lipinski definition) is 1. The zero-order valence-electron chi connectivity index (χ0n) is 10.3. The summed E-state index contributed by atoms with van der Waals surface area (Å²) in [6.45, 7) is 5.03. The predicted molar refractivity (Wildman–Crippen MR) is 69.8 cm³/mol. The minimum Gasteiger partial charge on any atom is -0.375 e. The Balaban J connectivity index is 1.95. The standard InChI is InChI=1S/C12H19N3OS/c1-8(2)15(6-9-3-4-9)11(16)5-10-7-17-12(13)14-10/h7-9H,3-6H2,1-2H3,(H2,13,14). The number of hydrogen-bond acceptors (Lipinski definition) is 4. The Bertz CT molecular complexity index is 398. The minimum atomic E-state index is 0.164. The molecule has 0 atom stereocenters. The van der Waals surface area contributed by atoms with Gasteiger partial charge in [-0.05, 0) is 32.6 Å². The number of anilines is 1. The monoisotopic (exact) mass is 253 g/mol. The van der Waals surface area contributed by atoms with Crippen LogP contribution in [0, 0.1) is 5.92 Å². The van der Waals surface area contributed by atoms with E-state index >= 15 is 0 Å². The van der Waals surface area contributed by atoms with Crippen molar-refractivity contribution in [3.05, 3.63) is 11.1 Å². The highest BCUT2D eigenvalue weighted by atomic mass is 32.1. The Kier molecular flexibility index (Phi) is 3.66. The van der Waals surface area contributed by atoms with Crippen molar-refractivity contribution in [2.45, 2.75) is 39.2 Å². The molecule has 0 saturated heterocycles. The number of nitrogens with zero attached hydrogens (tertiary/aromatic N) is 2. The van der Waals surface area contributed by atoms with Gasteiger partial charge in [-0.1, -0.05) is 0 Å². The molecule has 1 fully saturated rings. The van der Waals surface area contributed by atoms with E-state index in [4.69, 9.17) is 5.73 Å². The number of aromatic nitrogens is 1. The van der Waals surface area contributed by atoms with Crippen molar-refractivity contribution < 1.29 is 4.79 Å². The SMILES string of the molecule is CC(C)N(CC1CC1)C(=O)Cc1csc(N)n1. The highest BCUT2D eigenvalue weighted by Gasteiger charge is 2.28. The third-order valence-corrected chi connectivity index (χ3v) is 3.72. The van der Waals surface area contributed by atoms with E-state index in [0.29, 0.717) is 11.6 Å². The van der Waals surface area contributed by atoms with Crippen LogP contribution in [0.15, 0.2) is 5.38 Å². The highest BCUT2D eigenvalue weighted by molar-refractivity contribution is 7.13. The molecule has 2 rings (SSSR count). The van der Waals surface area contributed by atoms with Gasteiger partial charge in [-0.2, -0.15) is 0 Å². The first-order chi connectivity index (χ1) is 8.06. The molecule has 0 unspecified atom stereocenters. The molecule has 4 nitrogen and oxygen atoms in total. The van der Waals surface area contributed by atoms with Gasteiger partial charge in [-0.3, -0.25) is 4.79 Å². The Hall–Kier alpha value is -1.10. The molecule has 0 aromatic carbocycles. The van der Waals surface area contributed by atoms with Crippen LogP contribution in [0.5, 0.6) is 0 Å². The topological polar surface area (TPSA) is 59.2 Å². The molecular formula is C12H19N3OS. The number of nitrogen functional groups attached to an aromatic ring is 1. The lowest BCUT2D eigenvalue weighted by Crippen LogP contribution is -2.39. The van der Waals surface area contributed by atoms with Gasteiger partial charge in [0.25, 0.3) is 0 Å². The maximum absolute atomic E-state index is 12.2. The maximum atomic E-state index is 12.2. The van der Waals surface area contributed by atoms with Gasteiger partial charge in [-0.25, -0.2) is 4.98 Å². The lowest BCUT2D eigenvalue weighted by molar-refractivity contribution is -0.132. The van der Waals surface area contributed by atoms with E-state index in [1.807, 2.05) is 10.3 Å². The summed E-state index contributed by atoms with van der Waals surface area (Å²) in [4.78, 5) is 18.3. The third kappa shape index (κ3) is 3.43. The van der Waals surface area contributed by atoms with Crippen molar-refractivity contribution in [3.8, 4) is 0 Å². The van der Waals surface area contributed by atoms with Crippen LogP contribution in [0.2, 0.25) is 0 Å². The molecular weight excluding hydrogens is 234 g/mol. The van der Waals surface area contributed by atoms with Gasteiger partial charge in [-0.15, -0.1) is 11.3 Å². The van der Waals surface area contributed by atoms with Crippen LogP contribution in [0.25, 0.3) is 0 Å². The van der Waals surface area contributed by atoms with E-state index in [9.17, 15) is 4.79 Å². The van der Waals surface area contributed by atoms with Crippen molar-refractivity contribution in [1.29, 1.82) is 0 Å². The molecule has 1 amide bonds. The maximum Gasteiger partial charge on any atom is 0.228 e. The van der Waals surface area contributed by atoms with Crippen LogP contribution in [0.4, 0.5) is 5.13 Å². The molecule has 94 valence electrons. The highest BCUT2D eigenvalue weighted by Crippen LogP contribution is 2.30. The zero-order valence-corrected chi connectivity index (χ0v) is 11.2. The predicted octanol–water partition coefficient (Wildman–Crippen LogP) is 1.91. The molecule has 2 N–H and O–H groups in total. The van der Waals surface area contributed by atoms with Gasteiger partial charge in [0.2, 0.25) is 5.91 Å². The minimum absolute atomic E-state index is 0.164. The number of carbonyl (C=O) groups excluding carboxylic acids is 1. The molecule has 17 heavy (non-hydrogen) atoms. The second-order valence-corrected chi connectivity index (χ2v) is 5.83. The van der Waals surface area contributed by atoms with Crippen LogP contribution in [-0.2, 0) is 11.2 Å². The summed E-state index contributed by atoms with van der Waals surface area (Å²) in [6.07, 6.45) is 2.90. The number of carbonyl (C=O) groups is 1. The summed E-state index contributed by atoms with van der Waals surface area (Å²) in [6, 6.07) is 0.263. The fraction of sp³-hybridized carbons (Fsp3) is 0.667. The van der Waals surface area contributed by atoms with Crippen LogP contribution in [0.3, 0.4) is 0 Å². The van der Waals surface area contributed by atoms with Crippen molar-refractivity contribution in [1.82, 2.24) is 9.88 Å². The van der Waals surface area contributed by atoms with Gasteiger partial charge in [0.1, 0.15) is 0 Å². The van der Waals surface area contributed by atoms with Crippen LogP contribution < -0.4 is 5.73 Å². The van der Waals surface area contributed by atoms with E-state index in [0.717, 1.165) is 18.2 Å². The quantitative estimate of drug-likeness (QED) is 0.872. The number of nitrogens with two attached hydrogens (primary N) is 1. The summed E-state index contributed by atoms with van der Waals surface area (Å²) in [5.74, 6) is 0.888. The Labute approximate surface area is 106 Å². The number of amides is 1. The summed E-state index contributed by atoms with van der Waals surface area (Å²) >= 11 is 1.39. The zero-order chi connectivity index (χ0) is 12.4. The van der Waals surface area contributed by atoms with Gasteiger partial charge in [0.05, 0.1) is 12.1 Å². The summed E-state index contributed by atoms with van der Waals surface area (Å²) in [5.41, 5.74) is 6.35. The summed E-state index contributed by atoms with van der Waals surface area (Å²) in [5, 5.41) is 2.40. The molecule has 1 aliphatic rings. The number of thiazole rings is 1. The van der Waals surface area contributed by atoms with E-state index < -0.39 is 0 Å². The molecule has 0 aliphatic heterocycles. The molecule has 1 aromatic heterocycles. The first-order valence-electron chi connectivity index (χ1n) is 6.05. The van der Waals surface area contributed by atoms with Crippen LogP contribution in [0.1, 0.15) is 32.4 Å². The molecule has 1 heterocycles. The molecule has 5 heteroatoms. The second kappa shape index (κ2) is 5.04. The molecule has 0 bridgehead atoms. The first-order valence-corrected chi connectivity index (χ1v) is 6.93. The largest absolute Gasteiger partial charge is 0.375 e. The van der Waals surface area contributed by atoms with Crippen LogP contribution in [-0.4, -0.2) is 28.4 Å². The summed E-state index contributed by atoms with van der Waals surface area (Å²) in [7, 11) is 0. The lowest BCUT2D eigenvalue weighted by Gasteiger charge is -2.26. The summed E-state index contributed by atoms with van der Waals surface area (Å²) < 4.78 is 0. The van der Waals surface area contributed by atoms with Gasteiger partial charge in [0, 0.05) is 18.0 Å². The van der Waals surface area contributed by atoms with Gasteiger partial charge in [0.15, 0.2) is 5.13 Å². The van der Waals surface area contributed by atoms with E-state index in [1.165, 1.54) is 24.2 Å². The third-order valence-electron chi connectivity index (χ3n) is 3.00. The lowest BCUT2D eigenvalue weighted by atomic mass is 10.2. The first kappa shape index (κ1) is 12.4. The van der Waals surface area contributed by atoms with Gasteiger partial charge < -0.3 is 10.6 Å². The van der Waals surface area contributed by atoms with Crippen molar-refractivity contribution in [2.24, 2.45) is 5.92 Å². The number of rotatable bonds is 5. The van der Waals surface area contributed by atoms with Gasteiger partial charge >= 0.3 is 0 Å². The Morgan fingerprint density at radius 3 is 2.82 bits per heavy atom. The van der Waals surface area contributed by atoms with E-state index in [1.54, 1.807) is 0 Å². The van der Waals surface area contributed by atoms with Crippen molar-refractivity contribution >= 4 is 22.4 Å². The van der Waals surface area contributed by atoms with E-state index in [-0.39, 0.29) is 11.9 Å². The molecule has 0 spiro atoms. The molecule has 1 saturated carbocycles. The van der Waals surface area contributed by atoms with Crippen molar-refractivity contribution in [2.75, 3.05) is 12.3 Å². The normalized spacial score (nSPS) is 15.2. The average molecular weight is 253 g/mol. The van der Waals surface area contributed by atoms with E-state index in [2.05, 4.69) is 18.8 Å². The molecule has 1 aromatic rings. The Morgan fingerprint density at radius 2 is 2.35 bits per heavy atom. The molecule has 0 radical (unpaired) electrons. The van der Waals surface area contributed by atoms with Crippen molar-refractivity contribution in [3.63, 3.8) is 0 Å². The smallest absolute Gasteiger partial charge is 0.228 e. The fourth-order valence-electron chi connectivity index (χ4n) is 1.84. The Morgan fingerprint density at radius 1 is 1.65 bits per heavy atom. The molecule has 1 aliphatic carbocycles. The van der Waals surface area contributed by atoms with Crippen LogP contribution >= 0.6 is 11.3 Å².